The van der Waals surface area contributed by atoms with Crippen molar-refractivity contribution in [1.82, 2.24) is 0 Å². The Kier molecular flexibility index (Phi) is 7.78. The normalized spacial score (nSPS) is 12.4. The van der Waals surface area contributed by atoms with E-state index in [-0.39, 0.29) is 18.6 Å². The SMILES string of the molecule is COC(=O)C(CC(=O)c1ccc(-c2ccc(-c3cccc4c3oc3ccccc34)cc2)cc1)Cc1cccc(C(F)(F)F)c1. The van der Waals surface area contributed by atoms with E-state index in [4.69, 9.17) is 9.15 Å². The van der Waals surface area contributed by atoms with Crippen LogP contribution in [0.4, 0.5) is 13.2 Å². The minimum Gasteiger partial charge on any atom is -0.469 e. The molecule has 1 atom stereocenters. The molecule has 44 heavy (non-hydrogen) atoms. The van der Waals surface area contributed by atoms with Crippen LogP contribution in [0.15, 0.2) is 120 Å². The Hall–Kier alpha value is -5.17. The van der Waals surface area contributed by atoms with Crippen molar-refractivity contribution in [3.05, 3.63) is 132 Å². The number of benzene rings is 5. The van der Waals surface area contributed by atoms with Crippen LogP contribution in [0.25, 0.3) is 44.2 Å². The lowest BCUT2D eigenvalue weighted by molar-refractivity contribution is -0.145. The highest BCUT2D eigenvalue weighted by Gasteiger charge is 2.31. The third kappa shape index (κ3) is 5.86. The fourth-order valence-corrected chi connectivity index (χ4v) is 5.57. The van der Waals surface area contributed by atoms with E-state index in [9.17, 15) is 22.8 Å². The monoisotopic (exact) mass is 592 g/mol. The van der Waals surface area contributed by atoms with E-state index in [0.717, 1.165) is 56.3 Å². The van der Waals surface area contributed by atoms with Crippen LogP contribution in [0.1, 0.15) is 27.9 Å². The number of halogens is 3. The van der Waals surface area contributed by atoms with E-state index in [0.29, 0.717) is 11.1 Å². The molecule has 4 nitrogen and oxygen atoms in total. The molecule has 0 saturated carbocycles. The van der Waals surface area contributed by atoms with Gasteiger partial charge < -0.3 is 9.15 Å². The summed E-state index contributed by atoms with van der Waals surface area (Å²) in [6, 6.07) is 34.0. The fourth-order valence-electron chi connectivity index (χ4n) is 5.57. The molecule has 6 rings (SSSR count). The third-order valence-electron chi connectivity index (χ3n) is 7.84. The number of Topliss-reactive ketones (excluding diaryl/α,β-unsaturated/α-hetero) is 1. The summed E-state index contributed by atoms with van der Waals surface area (Å²) < 4.78 is 50.5. The summed E-state index contributed by atoms with van der Waals surface area (Å²) in [5.74, 6) is -1.86. The lowest BCUT2D eigenvalue weighted by atomic mass is 9.91. The van der Waals surface area contributed by atoms with Crippen LogP contribution in [-0.2, 0) is 22.1 Å². The van der Waals surface area contributed by atoms with Gasteiger partial charge in [0, 0.05) is 28.3 Å². The van der Waals surface area contributed by atoms with Gasteiger partial charge >= 0.3 is 12.1 Å². The highest BCUT2D eigenvalue weighted by molar-refractivity contribution is 6.09. The van der Waals surface area contributed by atoms with E-state index >= 15 is 0 Å². The molecule has 6 aromatic rings. The van der Waals surface area contributed by atoms with Crippen molar-refractivity contribution in [1.29, 1.82) is 0 Å². The van der Waals surface area contributed by atoms with Crippen LogP contribution in [0.2, 0.25) is 0 Å². The molecule has 1 aromatic heterocycles. The lowest BCUT2D eigenvalue weighted by Crippen LogP contribution is -2.22. The Morgan fingerprint density at radius 3 is 2.09 bits per heavy atom. The fraction of sp³-hybridized carbons (Fsp3) is 0.135. The molecule has 0 amide bonds. The number of ether oxygens (including phenoxy) is 1. The molecule has 1 unspecified atom stereocenters. The van der Waals surface area contributed by atoms with Crippen molar-refractivity contribution in [2.75, 3.05) is 7.11 Å². The van der Waals surface area contributed by atoms with Crippen LogP contribution in [0.3, 0.4) is 0 Å². The van der Waals surface area contributed by atoms with Gasteiger partial charge in [0.15, 0.2) is 5.78 Å². The minimum absolute atomic E-state index is 0.0471. The van der Waals surface area contributed by atoms with Crippen molar-refractivity contribution < 1.29 is 31.9 Å². The molecule has 0 saturated heterocycles. The van der Waals surface area contributed by atoms with Gasteiger partial charge in [-0.15, -0.1) is 0 Å². The zero-order valence-corrected chi connectivity index (χ0v) is 23.7. The number of para-hydroxylation sites is 2. The zero-order valence-electron chi connectivity index (χ0n) is 23.7. The molecule has 0 spiro atoms. The Morgan fingerprint density at radius 1 is 0.750 bits per heavy atom. The molecule has 7 heteroatoms. The summed E-state index contributed by atoms with van der Waals surface area (Å²) in [6.45, 7) is 0. The first kappa shape index (κ1) is 28.9. The number of ketones is 1. The number of alkyl halides is 3. The molecule has 220 valence electrons. The standard InChI is InChI=1S/C37H27F3O4/c1-43-36(42)28(20-23-6-4-7-29(21-23)37(38,39)40)22-33(41)27-18-14-25(15-19-27)24-12-16-26(17-13-24)30-9-5-10-32-31-8-2-3-11-34(31)44-35(30)32/h2-19,21,28H,20,22H2,1H3. The number of carbonyl (C=O) groups excluding carboxylic acids is 2. The molecule has 0 aliphatic heterocycles. The maximum Gasteiger partial charge on any atom is 0.416 e. The second-order valence-electron chi connectivity index (χ2n) is 10.7. The Morgan fingerprint density at radius 2 is 1.39 bits per heavy atom. The van der Waals surface area contributed by atoms with Crippen LogP contribution >= 0.6 is 0 Å². The average Bonchev–Trinajstić information content (AvgIpc) is 3.43. The molecular formula is C37H27F3O4. The molecule has 0 aliphatic carbocycles. The highest BCUT2D eigenvalue weighted by Crippen LogP contribution is 2.36. The van der Waals surface area contributed by atoms with Gasteiger partial charge in [-0.3, -0.25) is 9.59 Å². The second-order valence-corrected chi connectivity index (χ2v) is 10.7. The summed E-state index contributed by atoms with van der Waals surface area (Å²) in [5.41, 5.74) is 5.46. The maximum absolute atomic E-state index is 13.2. The first-order valence-corrected chi connectivity index (χ1v) is 14.1. The van der Waals surface area contributed by atoms with Crippen LogP contribution in [-0.4, -0.2) is 18.9 Å². The van der Waals surface area contributed by atoms with Crippen molar-refractivity contribution in [3.63, 3.8) is 0 Å². The number of esters is 1. The molecule has 0 radical (unpaired) electrons. The van der Waals surface area contributed by atoms with Gasteiger partial charge in [0.1, 0.15) is 11.2 Å². The number of hydrogen-bond donors (Lipinski definition) is 0. The van der Waals surface area contributed by atoms with E-state index in [2.05, 4.69) is 12.1 Å². The zero-order chi connectivity index (χ0) is 30.8. The van der Waals surface area contributed by atoms with Gasteiger partial charge in [0.2, 0.25) is 0 Å². The molecule has 0 bridgehead atoms. The number of furan rings is 1. The van der Waals surface area contributed by atoms with E-state index in [1.807, 2.05) is 66.7 Å². The lowest BCUT2D eigenvalue weighted by Gasteiger charge is -2.15. The van der Waals surface area contributed by atoms with Crippen molar-refractivity contribution in [2.24, 2.45) is 5.92 Å². The van der Waals surface area contributed by atoms with E-state index in [1.54, 1.807) is 12.1 Å². The quantitative estimate of drug-likeness (QED) is 0.130. The Labute approximate surface area is 251 Å². The van der Waals surface area contributed by atoms with Gasteiger partial charge in [-0.05, 0) is 40.8 Å². The van der Waals surface area contributed by atoms with Gasteiger partial charge in [0.05, 0.1) is 18.6 Å². The summed E-state index contributed by atoms with van der Waals surface area (Å²) in [4.78, 5) is 25.6. The van der Waals surface area contributed by atoms with Crippen LogP contribution in [0, 0.1) is 5.92 Å². The van der Waals surface area contributed by atoms with Gasteiger partial charge in [-0.2, -0.15) is 13.2 Å². The predicted octanol–water partition coefficient (Wildman–Crippen LogP) is 9.54. The number of carbonyl (C=O) groups is 2. The summed E-state index contributed by atoms with van der Waals surface area (Å²) in [5, 5.41) is 2.14. The maximum atomic E-state index is 13.2. The Balaban J connectivity index is 1.18. The van der Waals surface area contributed by atoms with Crippen LogP contribution < -0.4 is 0 Å². The highest BCUT2D eigenvalue weighted by atomic mass is 19.4. The van der Waals surface area contributed by atoms with Crippen molar-refractivity contribution >= 4 is 33.7 Å². The van der Waals surface area contributed by atoms with Gasteiger partial charge in [0.25, 0.3) is 0 Å². The third-order valence-corrected chi connectivity index (χ3v) is 7.84. The van der Waals surface area contributed by atoms with E-state index in [1.165, 1.54) is 19.2 Å². The van der Waals surface area contributed by atoms with Gasteiger partial charge in [-0.1, -0.05) is 103 Å². The molecule has 1 heterocycles. The number of fused-ring (bicyclic) bond motifs is 3. The summed E-state index contributed by atoms with van der Waals surface area (Å²) >= 11 is 0. The minimum atomic E-state index is -4.50. The predicted molar refractivity (Wildman–Crippen MR) is 164 cm³/mol. The average molecular weight is 593 g/mol. The van der Waals surface area contributed by atoms with Crippen molar-refractivity contribution in [3.8, 4) is 22.3 Å². The van der Waals surface area contributed by atoms with Gasteiger partial charge in [-0.25, -0.2) is 0 Å². The summed E-state index contributed by atoms with van der Waals surface area (Å²) in [7, 11) is 1.20. The van der Waals surface area contributed by atoms with Crippen LogP contribution in [0.5, 0.6) is 0 Å². The topological polar surface area (TPSA) is 56.5 Å². The van der Waals surface area contributed by atoms with E-state index < -0.39 is 23.6 Å². The smallest absolute Gasteiger partial charge is 0.416 e. The largest absolute Gasteiger partial charge is 0.469 e. The number of methoxy groups -OCH3 is 1. The molecule has 5 aromatic carbocycles. The summed E-state index contributed by atoms with van der Waals surface area (Å²) in [6.07, 6.45) is -4.74. The first-order chi connectivity index (χ1) is 21.2. The molecule has 0 aliphatic rings. The number of hydrogen-bond acceptors (Lipinski definition) is 4. The molecule has 0 fully saturated rings. The molecular weight excluding hydrogens is 565 g/mol. The first-order valence-electron chi connectivity index (χ1n) is 14.1. The molecule has 0 N–H and O–H groups in total. The second kappa shape index (κ2) is 11.8. The Bertz CT molecular complexity index is 1970. The number of rotatable bonds is 8. The van der Waals surface area contributed by atoms with Crippen molar-refractivity contribution in [2.45, 2.75) is 19.0 Å².